The third-order valence-electron chi connectivity index (χ3n) is 2.73. The zero-order chi connectivity index (χ0) is 13.3. The second-order valence-corrected chi connectivity index (χ2v) is 4.82. The number of nitrogens with zero attached hydrogens (tertiary/aromatic N) is 1. The summed E-state index contributed by atoms with van der Waals surface area (Å²) in [6, 6.07) is 3.33. The second kappa shape index (κ2) is 5.08. The Balaban J connectivity index is 2.18. The van der Waals surface area contributed by atoms with Crippen molar-refractivity contribution in [3.8, 4) is 0 Å². The van der Waals surface area contributed by atoms with Crippen LogP contribution in [0.1, 0.15) is 17.0 Å². The highest BCUT2D eigenvalue weighted by Gasteiger charge is 2.10. The van der Waals surface area contributed by atoms with Crippen molar-refractivity contribution in [1.82, 2.24) is 5.16 Å². The Kier molecular flexibility index (Phi) is 3.68. The summed E-state index contributed by atoms with van der Waals surface area (Å²) < 4.78 is 5.09. The maximum Gasteiger partial charge on any atom is 0.138 e. The van der Waals surface area contributed by atoms with Gasteiger partial charge in [-0.05, 0) is 26.0 Å². The molecule has 0 spiro atoms. The lowest BCUT2D eigenvalue weighted by atomic mass is 10.2. The van der Waals surface area contributed by atoms with E-state index in [2.05, 4.69) is 10.5 Å². The predicted octanol–water partition coefficient (Wildman–Crippen LogP) is 3.79. The van der Waals surface area contributed by atoms with Crippen LogP contribution in [0.3, 0.4) is 0 Å². The fourth-order valence-electron chi connectivity index (χ4n) is 1.65. The normalized spacial score (nSPS) is 10.7. The van der Waals surface area contributed by atoms with E-state index in [4.69, 9.17) is 33.5 Å². The molecule has 0 saturated heterocycles. The van der Waals surface area contributed by atoms with E-state index in [-0.39, 0.29) is 0 Å². The molecule has 0 aliphatic carbocycles. The number of hydrogen-bond donors (Lipinski definition) is 2. The highest BCUT2D eigenvalue weighted by molar-refractivity contribution is 6.42. The molecule has 0 aliphatic heterocycles. The Morgan fingerprint density at radius 3 is 2.56 bits per heavy atom. The van der Waals surface area contributed by atoms with Crippen LogP contribution in [0.5, 0.6) is 0 Å². The molecule has 0 unspecified atom stereocenters. The summed E-state index contributed by atoms with van der Waals surface area (Å²) in [6.07, 6.45) is 0. The van der Waals surface area contributed by atoms with Crippen molar-refractivity contribution in [1.29, 1.82) is 0 Å². The van der Waals surface area contributed by atoms with Gasteiger partial charge in [-0.2, -0.15) is 0 Å². The molecule has 0 atom stereocenters. The number of anilines is 2. The highest BCUT2D eigenvalue weighted by Crippen LogP contribution is 2.31. The van der Waals surface area contributed by atoms with E-state index in [1.165, 1.54) is 0 Å². The van der Waals surface area contributed by atoms with E-state index in [0.717, 1.165) is 22.7 Å². The van der Waals surface area contributed by atoms with Crippen LogP contribution in [0.15, 0.2) is 16.7 Å². The minimum atomic E-state index is 0.442. The fraction of sp³-hybridized carbons (Fsp3) is 0.250. The molecule has 0 aliphatic rings. The van der Waals surface area contributed by atoms with Crippen LogP contribution in [0, 0.1) is 13.8 Å². The van der Waals surface area contributed by atoms with E-state index in [1.807, 2.05) is 13.8 Å². The van der Waals surface area contributed by atoms with Gasteiger partial charge in [0, 0.05) is 12.1 Å². The summed E-state index contributed by atoms with van der Waals surface area (Å²) in [5, 5.41) is 7.99. The van der Waals surface area contributed by atoms with Gasteiger partial charge in [-0.25, -0.2) is 0 Å². The largest absolute Gasteiger partial charge is 0.397 e. The van der Waals surface area contributed by atoms with E-state index in [1.54, 1.807) is 12.1 Å². The molecular formula is C12H13Cl2N3O. The first kappa shape index (κ1) is 13.1. The maximum absolute atomic E-state index is 5.95. The molecule has 0 radical (unpaired) electrons. The molecule has 1 aromatic heterocycles. The monoisotopic (exact) mass is 285 g/mol. The van der Waals surface area contributed by atoms with E-state index >= 15 is 0 Å². The third kappa shape index (κ3) is 2.54. The molecule has 18 heavy (non-hydrogen) atoms. The average molecular weight is 286 g/mol. The van der Waals surface area contributed by atoms with E-state index in [9.17, 15) is 0 Å². The Labute approximate surface area is 115 Å². The molecule has 0 fully saturated rings. The molecule has 1 aromatic carbocycles. The number of hydrogen-bond acceptors (Lipinski definition) is 4. The standard InChI is InChI=1S/C12H13Cl2N3O/c1-6-8(7(2)18-17-6)5-16-12-4-10(14)9(13)3-11(12)15/h3-4,16H,5,15H2,1-2H3. The van der Waals surface area contributed by atoms with Gasteiger partial charge < -0.3 is 15.6 Å². The van der Waals surface area contributed by atoms with Crippen LogP contribution >= 0.6 is 23.2 Å². The Bertz CT molecular complexity index is 561. The third-order valence-corrected chi connectivity index (χ3v) is 3.45. The van der Waals surface area contributed by atoms with Crippen molar-refractivity contribution >= 4 is 34.6 Å². The zero-order valence-corrected chi connectivity index (χ0v) is 11.6. The predicted molar refractivity (Wildman–Crippen MR) is 74.2 cm³/mol. The topological polar surface area (TPSA) is 64.1 Å². The fourth-order valence-corrected chi connectivity index (χ4v) is 1.99. The molecule has 6 heteroatoms. The average Bonchev–Trinajstić information content (AvgIpc) is 2.62. The van der Waals surface area contributed by atoms with Crippen LogP contribution in [0.25, 0.3) is 0 Å². The van der Waals surface area contributed by atoms with Crippen molar-refractivity contribution < 1.29 is 4.52 Å². The molecule has 0 saturated carbocycles. The van der Waals surface area contributed by atoms with Crippen molar-refractivity contribution in [3.05, 3.63) is 39.2 Å². The van der Waals surface area contributed by atoms with Crippen LogP contribution < -0.4 is 11.1 Å². The SMILES string of the molecule is Cc1noc(C)c1CNc1cc(Cl)c(Cl)cc1N. The van der Waals surface area contributed by atoms with Gasteiger partial charge in [0.25, 0.3) is 0 Å². The van der Waals surface area contributed by atoms with Crippen LogP contribution in [0.4, 0.5) is 11.4 Å². The first-order valence-electron chi connectivity index (χ1n) is 5.39. The van der Waals surface area contributed by atoms with Gasteiger partial charge in [-0.3, -0.25) is 0 Å². The molecule has 0 bridgehead atoms. The quantitative estimate of drug-likeness (QED) is 0.842. The number of nitrogens with two attached hydrogens (primary N) is 1. The number of halogens is 2. The molecule has 3 N–H and O–H groups in total. The number of aryl methyl sites for hydroxylation is 2. The molecule has 4 nitrogen and oxygen atoms in total. The maximum atomic E-state index is 5.95. The molecule has 2 rings (SSSR count). The molecular weight excluding hydrogens is 273 g/mol. The van der Waals surface area contributed by atoms with Crippen molar-refractivity contribution in [2.75, 3.05) is 11.1 Å². The minimum Gasteiger partial charge on any atom is -0.397 e. The minimum absolute atomic E-state index is 0.442. The zero-order valence-electron chi connectivity index (χ0n) is 10.1. The summed E-state index contributed by atoms with van der Waals surface area (Å²) in [7, 11) is 0. The summed E-state index contributed by atoms with van der Waals surface area (Å²) >= 11 is 11.8. The van der Waals surface area contributed by atoms with Gasteiger partial charge in [-0.15, -0.1) is 0 Å². The van der Waals surface area contributed by atoms with Gasteiger partial charge in [0.2, 0.25) is 0 Å². The second-order valence-electron chi connectivity index (χ2n) is 4.01. The summed E-state index contributed by atoms with van der Waals surface area (Å²) in [4.78, 5) is 0. The number of rotatable bonds is 3. The van der Waals surface area contributed by atoms with Crippen molar-refractivity contribution in [2.24, 2.45) is 0 Å². The smallest absolute Gasteiger partial charge is 0.138 e. The number of nitrogens with one attached hydrogen (secondary N) is 1. The lowest BCUT2D eigenvalue weighted by Crippen LogP contribution is -2.04. The van der Waals surface area contributed by atoms with Gasteiger partial charge in [0.1, 0.15) is 5.76 Å². The molecule has 0 amide bonds. The van der Waals surface area contributed by atoms with E-state index < -0.39 is 0 Å². The number of aromatic nitrogens is 1. The first-order chi connectivity index (χ1) is 8.49. The van der Waals surface area contributed by atoms with Gasteiger partial charge >= 0.3 is 0 Å². The molecule has 2 aromatic rings. The lowest BCUT2D eigenvalue weighted by Gasteiger charge is -2.10. The van der Waals surface area contributed by atoms with Crippen molar-refractivity contribution in [3.63, 3.8) is 0 Å². The molecule has 96 valence electrons. The van der Waals surface area contributed by atoms with Gasteiger partial charge in [-0.1, -0.05) is 28.4 Å². The first-order valence-corrected chi connectivity index (χ1v) is 6.14. The number of benzene rings is 1. The van der Waals surface area contributed by atoms with E-state index in [0.29, 0.717) is 22.3 Å². The lowest BCUT2D eigenvalue weighted by molar-refractivity contribution is 0.392. The van der Waals surface area contributed by atoms with Crippen LogP contribution in [0.2, 0.25) is 10.0 Å². The number of nitrogen functional groups attached to an aromatic ring is 1. The Hall–Kier alpha value is -1.39. The summed E-state index contributed by atoms with van der Waals surface area (Å²) in [6.45, 7) is 4.34. The van der Waals surface area contributed by atoms with Crippen LogP contribution in [-0.2, 0) is 6.54 Å². The van der Waals surface area contributed by atoms with Gasteiger partial charge in [0.05, 0.1) is 27.1 Å². The summed E-state index contributed by atoms with van der Waals surface area (Å²) in [5.41, 5.74) is 9.03. The summed E-state index contributed by atoms with van der Waals surface area (Å²) in [5.74, 6) is 0.790. The van der Waals surface area contributed by atoms with Crippen molar-refractivity contribution in [2.45, 2.75) is 20.4 Å². The Morgan fingerprint density at radius 2 is 1.94 bits per heavy atom. The Morgan fingerprint density at radius 1 is 1.28 bits per heavy atom. The highest BCUT2D eigenvalue weighted by atomic mass is 35.5. The van der Waals surface area contributed by atoms with Crippen LogP contribution in [-0.4, -0.2) is 5.16 Å². The molecule has 1 heterocycles. The van der Waals surface area contributed by atoms with Gasteiger partial charge in [0.15, 0.2) is 0 Å².